The van der Waals surface area contributed by atoms with Crippen LogP contribution in [0.1, 0.15) is 39.0 Å². The van der Waals surface area contributed by atoms with Crippen LogP contribution in [-0.2, 0) is 0 Å². The second-order valence-corrected chi connectivity index (χ2v) is 5.05. The van der Waals surface area contributed by atoms with Crippen molar-refractivity contribution in [3.8, 4) is 0 Å². The van der Waals surface area contributed by atoms with Crippen LogP contribution in [0.3, 0.4) is 0 Å². The summed E-state index contributed by atoms with van der Waals surface area (Å²) in [6, 6.07) is 0.650. The Bertz CT molecular complexity index is 191. The maximum absolute atomic E-state index is 10.3. The van der Waals surface area contributed by atoms with E-state index >= 15 is 0 Å². The minimum absolute atomic E-state index is 0.391. The molecule has 0 spiro atoms. The molecule has 0 aromatic carbocycles. The van der Waals surface area contributed by atoms with E-state index in [2.05, 4.69) is 11.9 Å². The molecule has 2 fully saturated rings. The first-order valence-corrected chi connectivity index (χ1v) is 5.54. The van der Waals surface area contributed by atoms with E-state index in [1.54, 1.807) is 0 Å². The van der Waals surface area contributed by atoms with Crippen LogP contribution in [0.5, 0.6) is 0 Å². The van der Waals surface area contributed by atoms with Crippen LogP contribution in [-0.4, -0.2) is 35.2 Å². The molecule has 1 saturated heterocycles. The van der Waals surface area contributed by atoms with E-state index in [-0.39, 0.29) is 0 Å². The Morgan fingerprint density at radius 3 is 2.69 bits per heavy atom. The predicted molar refractivity (Wildman–Crippen MR) is 53.6 cm³/mol. The molecule has 2 nitrogen and oxygen atoms in total. The van der Waals surface area contributed by atoms with E-state index in [0.717, 1.165) is 13.0 Å². The Labute approximate surface area is 80.9 Å². The van der Waals surface area contributed by atoms with Crippen LogP contribution >= 0.6 is 0 Å². The van der Waals surface area contributed by atoms with Crippen molar-refractivity contribution in [2.45, 2.75) is 50.7 Å². The third kappa shape index (κ3) is 1.62. The van der Waals surface area contributed by atoms with Crippen LogP contribution in [0.2, 0.25) is 0 Å². The molecule has 0 amide bonds. The first-order valence-electron chi connectivity index (χ1n) is 5.54. The summed E-state index contributed by atoms with van der Waals surface area (Å²) in [4.78, 5) is 2.45. The van der Waals surface area contributed by atoms with Crippen LogP contribution in [0, 0.1) is 5.92 Å². The Morgan fingerprint density at radius 1 is 1.31 bits per heavy atom. The topological polar surface area (TPSA) is 23.5 Å². The van der Waals surface area contributed by atoms with Crippen LogP contribution < -0.4 is 0 Å². The lowest BCUT2D eigenvalue weighted by Crippen LogP contribution is -2.56. The first kappa shape index (κ1) is 9.47. The number of piperidine rings is 1. The minimum Gasteiger partial charge on any atom is -0.390 e. The zero-order valence-corrected chi connectivity index (χ0v) is 8.79. The molecular weight excluding hydrogens is 162 g/mol. The van der Waals surface area contributed by atoms with Gasteiger partial charge >= 0.3 is 0 Å². The highest BCUT2D eigenvalue weighted by atomic mass is 16.3. The number of likely N-dealkylation sites (tertiary alicyclic amines) is 1. The maximum atomic E-state index is 10.3. The minimum atomic E-state index is -0.391. The molecule has 1 aliphatic heterocycles. The fourth-order valence-corrected chi connectivity index (χ4v) is 3.12. The molecule has 2 aliphatic rings. The second-order valence-electron chi connectivity index (χ2n) is 5.05. The van der Waals surface area contributed by atoms with E-state index in [1.807, 2.05) is 6.92 Å². The summed E-state index contributed by atoms with van der Waals surface area (Å²) in [5.41, 5.74) is -0.391. The standard InChI is InChI=1S/C11H21NO/c1-11(13)7-8-12(2)10-6-4-3-5-9(10)11/h9-10,13H,3-8H2,1-2H3/t9-,10-,11-/m0/s1. The van der Waals surface area contributed by atoms with E-state index in [4.69, 9.17) is 0 Å². The smallest absolute Gasteiger partial charge is 0.0674 e. The fraction of sp³-hybridized carbons (Fsp3) is 1.00. The molecule has 1 aliphatic carbocycles. The highest BCUT2D eigenvalue weighted by Crippen LogP contribution is 2.40. The van der Waals surface area contributed by atoms with Crippen molar-refractivity contribution in [2.24, 2.45) is 5.92 Å². The molecule has 0 radical (unpaired) electrons. The van der Waals surface area contributed by atoms with Gasteiger partial charge in [0.25, 0.3) is 0 Å². The third-order valence-electron chi connectivity index (χ3n) is 4.07. The van der Waals surface area contributed by atoms with Crippen LogP contribution in [0.4, 0.5) is 0 Å². The molecule has 0 aromatic rings. The van der Waals surface area contributed by atoms with Crippen LogP contribution in [0.15, 0.2) is 0 Å². The van der Waals surface area contributed by atoms with Gasteiger partial charge in [-0.2, -0.15) is 0 Å². The number of rotatable bonds is 0. The molecule has 3 atom stereocenters. The van der Waals surface area contributed by atoms with Gasteiger partial charge in [-0.3, -0.25) is 0 Å². The van der Waals surface area contributed by atoms with Crippen molar-refractivity contribution < 1.29 is 5.11 Å². The summed E-state index contributed by atoms with van der Waals surface area (Å²) in [6.07, 6.45) is 6.12. The van der Waals surface area contributed by atoms with E-state index in [1.165, 1.54) is 25.7 Å². The molecule has 0 unspecified atom stereocenters. The molecule has 1 N–H and O–H groups in total. The van der Waals surface area contributed by atoms with E-state index in [9.17, 15) is 5.11 Å². The maximum Gasteiger partial charge on any atom is 0.0674 e. The molecular formula is C11H21NO. The Morgan fingerprint density at radius 2 is 2.00 bits per heavy atom. The lowest BCUT2D eigenvalue weighted by atomic mass is 9.70. The summed E-state index contributed by atoms with van der Waals surface area (Å²) in [7, 11) is 2.21. The number of aliphatic hydroxyl groups is 1. The summed E-state index contributed by atoms with van der Waals surface area (Å²) in [6.45, 7) is 3.09. The monoisotopic (exact) mass is 183 g/mol. The number of nitrogens with zero attached hydrogens (tertiary/aromatic N) is 1. The average molecular weight is 183 g/mol. The summed E-state index contributed by atoms with van der Waals surface area (Å²) >= 11 is 0. The van der Waals surface area contributed by atoms with Gasteiger partial charge in [-0.25, -0.2) is 0 Å². The van der Waals surface area contributed by atoms with Gasteiger partial charge in [0.15, 0.2) is 0 Å². The van der Waals surface area contributed by atoms with Crippen LogP contribution in [0.25, 0.3) is 0 Å². The molecule has 0 bridgehead atoms. The van der Waals surface area contributed by atoms with Crippen molar-refractivity contribution in [3.05, 3.63) is 0 Å². The fourth-order valence-electron chi connectivity index (χ4n) is 3.12. The largest absolute Gasteiger partial charge is 0.390 e. The van der Waals surface area contributed by atoms with E-state index in [0.29, 0.717) is 12.0 Å². The SMILES string of the molecule is CN1CC[C@](C)(O)[C@H]2CCCC[C@@H]21. The summed E-state index contributed by atoms with van der Waals surface area (Å²) < 4.78 is 0. The van der Waals surface area contributed by atoms with Gasteiger partial charge in [0.05, 0.1) is 5.60 Å². The quantitative estimate of drug-likeness (QED) is 0.617. The lowest BCUT2D eigenvalue weighted by Gasteiger charge is -2.50. The molecule has 0 aromatic heterocycles. The number of hydrogen-bond donors (Lipinski definition) is 1. The molecule has 2 rings (SSSR count). The highest BCUT2D eigenvalue weighted by molar-refractivity contribution is 4.97. The normalized spacial score (nSPS) is 47.3. The van der Waals surface area contributed by atoms with Gasteiger partial charge in [-0.05, 0) is 33.2 Å². The molecule has 76 valence electrons. The summed E-state index contributed by atoms with van der Waals surface area (Å²) in [5, 5.41) is 10.3. The summed E-state index contributed by atoms with van der Waals surface area (Å²) in [5.74, 6) is 0.528. The van der Waals surface area contributed by atoms with Gasteiger partial charge in [-0.15, -0.1) is 0 Å². The van der Waals surface area contributed by atoms with Gasteiger partial charge in [0.2, 0.25) is 0 Å². The van der Waals surface area contributed by atoms with Gasteiger partial charge in [0, 0.05) is 18.5 Å². The first-order chi connectivity index (χ1) is 6.11. The second kappa shape index (κ2) is 3.25. The van der Waals surface area contributed by atoms with Crippen molar-refractivity contribution in [3.63, 3.8) is 0 Å². The molecule has 13 heavy (non-hydrogen) atoms. The Hall–Kier alpha value is -0.0800. The Kier molecular flexibility index (Phi) is 2.37. The number of fused-ring (bicyclic) bond motifs is 1. The Balaban J connectivity index is 2.14. The van der Waals surface area contributed by atoms with Crippen molar-refractivity contribution in [1.82, 2.24) is 4.90 Å². The van der Waals surface area contributed by atoms with Crippen molar-refractivity contribution >= 4 is 0 Å². The molecule has 1 heterocycles. The number of hydrogen-bond acceptors (Lipinski definition) is 2. The van der Waals surface area contributed by atoms with Gasteiger partial charge in [-0.1, -0.05) is 12.8 Å². The van der Waals surface area contributed by atoms with Gasteiger partial charge < -0.3 is 10.0 Å². The highest BCUT2D eigenvalue weighted by Gasteiger charge is 2.43. The molecule has 2 heteroatoms. The van der Waals surface area contributed by atoms with E-state index < -0.39 is 5.60 Å². The lowest BCUT2D eigenvalue weighted by molar-refractivity contribution is -0.0958. The average Bonchev–Trinajstić information content (AvgIpc) is 2.13. The van der Waals surface area contributed by atoms with Gasteiger partial charge in [0.1, 0.15) is 0 Å². The zero-order valence-electron chi connectivity index (χ0n) is 8.79. The third-order valence-corrected chi connectivity index (χ3v) is 4.07. The van der Waals surface area contributed by atoms with Crippen molar-refractivity contribution in [2.75, 3.05) is 13.6 Å². The predicted octanol–water partition coefficient (Wildman–Crippen LogP) is 1.63. The van der Waals surface area contributed by atoms with Crippen molar-refractivity contribution in [1.29, 1.82) is 0 Å². The zero-order chi connectivity index (χ0) is 9.47. The molecule has 1 saturated carbocycles.